The van der Waals surface area contributed by atoms with Gasteiger partial charge in [0.2, 0.25) is 0 Å². The van der Waals surface area contributed by atoms with Gasteiger partial charge in [-0.1, -0.05) is 40.2 Å². The molecule has 0 atom stereocenters. The van der Waals surface area contributed by atoms with Crippen LogP contribution in [-0.4, -0.2) is 29.3 Å². The molecule has 0 aliphatic heterocycles. The Labute approximate surface area is 172 Å². The van der Waals surface area contributed by atoms with E-state index in [1.165, 1.54) is 11.7 Å². The molecule has 6 heteroatoms. The normalized spacial score (nSPS) is 11.5. The minimum absolute atomic E-state index is 0.426. The highest BCUT2D eigenvalue weighted by atomic mass is 79.9. The average Bonchev–Trinajstić information content (AvgIpc) is 3.04. The van der Waals surface area contributed by atoms with Gasteiger partial charge in [0.1, 0.15) is 5.60 Å². The first-order chi connectivity index (χ1) is 13.2. The molecule has 28 heavy (non-hydrogen) atoms. The molecule has 3 aromatic rings. The number of alkyl halides is 1. The lowest BCUT2D eigenvalue weighted by Gasteiger charge is -2.19. The van der Waals surface area contributed by atoms with E-state index in [-0.39, 0.29) is 0 Å². The maximum atomic E-state index is 12.8. The van der Waals surface area contributed by atoms with E-state index < -0.39 is 17.7 Å². The Kier molecular flexibility index (Phi) is 5.61. The number of carbonyl (C=O) groups is 2. The molecule has 0 amide bonds. The van der Waals surface area contributed by atoms with Crippen LogP contribution in [0.3, 0.4) is 0 Å². The van der Waals surface area contributed by atoms with Gasteiger partial charge in [-0.2, -0.15) is 0 Å². The molecule has 0 radical (unpaired) electrons. The summed E-state index contributed by atoms with van der Waals surface area (Å²) in [6.45, 7) is 5.48. The fourth-order valence-corrected chi connectivity index (χ4v) is 3.39. The number of benzene rings is 2. The molecule has 146 valence electrons. The van der Waals surface area contributed by atoms with Crippen molar-refractivity contribution in [2.24, 2.45) is 0 Å². The van der Waals surface area contributed by atoms with Crippen LogP contribution >= 0.6 is 15.9 Å². The Morgan fingerprint density at radius 3 is 2.43 bits per heavy atom. The van der Waals surface area contributed by atoms with E-state index in [9.17, 15) is 9.59 Å². The van der Waals surface area contributed by atoms with Gasteiger partial charge < -0.3 is 9.47 Å². The Hall–Kier alpha value is -2.60. The number of fused-ring (bicyclic) bond motifs is 1. The molecule has 0 spiro atoms. The van der Waals surface area contributed by atoms with Gasteiger partial charge >= 0.3 is 12.1 Å². The summed E-state index contributed by atoms with van der Waals surface area (Å²) < 4.78 is 12.0. The summed E-state index contributed by atoms with van der Waals surface area (Å²) in [5, 5.41) is 1.54. The van der Waals surface area contributed by atoms with E-state index in [4.69, 9.17) is 9.47 Å². The van der Waals surface area contributed by atoms with Crippen molar-refractivity contribution < 1.29 is 19.1 Å². The molecule has 1 aromatic heterocycles. The van der Waals surface area contributed by atoms with E-state index in [1.54, 1.807) is 18.3 Å². The molecule has 0 unspecified atom stereocenters. The predicted molar refractivity (Wildman–Crippen MR) is 113 cm³/mol. The van der Waals surface area contributed by atoms with Gasteiger partial charge in [-0.15, -0.1) is 0 Å². The van der Waals surface area contributed by atoms with Crippen molar-refractivity contribution in [2.45, 2.75) is 31.7 Å². The van der Waals surface area contributed by atoms with Crippen molar-refractivity contribution in [2.75, 3.05) is 7.11 Å². The Balaban J connectivity index is 2.26. The number of halogens is 1. The van der Waals surface area contributed by atoms with Crippen LogP contribution in [0.2, 0.25) is 0 Å². The third-order valence-corrected chi connectivity index (χ3v) is 4.88. The van der Waals surface area contributed by atoms with Crippen molar-refractivity contribution in [3.8, 4) is 11.1 Å². The molecule has 0 aliphatic rings. The van der Waals surface area contributed by atoms with E-state index >= 15 is 0 Å². The van der Waals surface area contributed by atoms with Gasteiger partial charge in [0.25, 0.3) is 0 Å². The summed E-state index contributed by atoms with van der Waals surface area (Å²) in [4.78, 5) is 25.1. The molecule has 2 aromatic carbocycles. The number of carbonyl (C=O) groups excluding carboxylic acids is 2. The smallest absolute Gasteiger partial charge is 0.419 e. The zero-order valence-corrected chi connectivity index (χ0v) is 17.9. The predicted octanol–water partition coefficient (Wildman–Crippen LogP) is 5.77. The summed E-state index contributed by atoms with van der Waals surface area (Å²) >= 11 is 3.48. The van der Waals surface area contributed by atoms with Crippen LogP contribution in [0.5, 0.6) is 0 Å². The lowest BCUT2D eigenvalue weighted by molar-refractivity contribution is 0.0543. The van der Waals surface area contributed by atoms with Crippen molar-refractivity contribution in [1.82, 2.24) is 4.57 Å². The largest absolute Gasteiger partial charge is 0.465 e. The molecule has 0 bridgehead atoms. The second-order valence-corrected chi connectivity index (χ2v) is 7.98. The fraction of sp³-hybridized carbons (Fsp3) is 0.273. The second kappa shape index (κ2) is 7.80. The van der Waals surface area contributed by atoms with Crippen LogP contribution in [0, 0.1) is 0 Å². The molecule has 0 saturated heterocycles. The summed E-state index contributed by atoms with van der Waals surface area (Å²) in [5.74, 6) is -0.426. The van der Waals surface area contributed by atoms with Gasteiger partial charge in [0, 0.05) is 22.5 Å². The zero-order valence-electron chi connectivity index (χ0n) is 16.3. The summed E-state index contributed by atoms with van der Waals surface area (Å²) in [5.41, 5.74) is 3.07. The Bertz CT molecular complexity index is 1050. The van der Waals surface area contributed by atoms with Crippen LogP contribution < -0.4 is 0 Å². The standard InChI is InChI=1S/C22H22BrNO4/c1-22(2,3)28-21(26)24-13-18(17-11-14(12-23)9-10-19(17)24)15-7-5-6-8-16(15)20(25)27-4/h5-11,13H,12H2,1-4H3. The fourth-order valence-electron chi connectivity index (χ4n) is 3.04. The molecule has 0 N–H and O–H groups in total. The highest BCUT2D eigenvalue weighted by Gasteiger charge is 2.23. The number of ether oxygens (including phenoxy) is 2. The lowest BCUT2D eigenvalue weighted by atomic mass is 9.98. The van der Waals surface area contributed by atoms with Gasteiger partial charge in [0.05, 0.1) is 18.2 Å². The Morgan fingerprint density at radius 2 is 1.79 bits per heavy atom. The molecule has 0 fully saturated rings. The van der Waals surface area contributed by atoms with E-state index in [1.807, 2.05) is 51.1 Å². The number of methoxy groups -OCH3 is 1. The van der Waals surface area contributed by atoms with Gasteiger partial charge in [0.15, 0.2) is 0 Å². The number of rotatable bonds is 3. The number of nitrogens with zero attached hydrogens (tertiary/aromatic N) is 1. The molecular weight excluding hydrogens is 422 g/mol. The molecule has 3 rings (SSSR count). The monoisotopic (exact) mass is 443 g/mol. The topological polar surface area (TPSA) is 57.5 Å². The first-order valence-electron chi connectivity index (χ1n) is 8.86. The summed E-state index contributed by atoms with van der Waals surface area (Å²) in [6.07, 6.45) is 1.25. The number of esters is 1. The van der Waals surface area contributed by atoms with Crippen LogP contribution in [-0.2, 0) is 14.8 Å². The second-order valence-electron chi connectivity index (χ2n) is 7.42. The van der Waals surface area contributed by atoms with Crippen molar-refractivity contribution in [3.05, 3.63) is 59.8 Å². The van der Waals surface area contributed by atoms with Gasteiger partial charge in [-0.3, -0.25) is 4.57 Å². The highest BCUT2D eigenvalue weighted by molar-refractivity contribution is 9.08. The van der Waals surface area contributed by atoms with Crippen LogP contribution in [0.4, 0.5) is 4.79 Å². The molecular formula is C22H22BrNO4. The van der Waals surface area contributed by atoms with Crippen LogP contribution in [0.15, 0.2) is 48.7 Å². The van der Waals surface area contributed by atoms with E-state index in [0.717, 1.165) is 16.5 Å². The van der Waals surface area contributed by atoms with E-state index in [2.05, 4.69) is 15.9 Å². The molecule has 5 nitrogen and oxygen atoms in total. The SMILES string of the molecule is COC(=O)c1ccccc1-c1cn(C(=O)OC(C)(C)C)c2ccc(CBr)cc12. The van der Waals surface area contributed by atoms with Crippen molar-refractivity contribution >= 4 is 38.9 Å². The van der Waals surface area contributed by atoms with Crippen molar-refractivity contribution in [1.29, 1.82) is 0 Å². The highest BCUT2D eigenvalue weighted by Crippen LogP contribution is 2.34. The van der Waals surface area contributed by atoms with Gasteiger partial charge in [-0.05, 0) is 50.1 Å². The average molecular weight is 444 g/mol. The quantitative estimate of drug-likeness (QED) is 0.380. The molecule has 1 heterocycles. The third-order valence-electron chi connectivity index (χ3n) is 4.24. The number of hydrogen-bond donors (Lipinski definition) is 0. The maximum absolute atomic E-state index is 12.8. The molecule has 0 aliphatic carbocycles. The van der Waals surface area contributed by atoms with Crippen LogP contribution in [0.1, 0.15) is 36.7 Å². The number of hydrogen-bond acceptors (Lipinski definition) is 4. The summed E-state index contributed by atoms with van der Waals surface area (Å²) in [6, 6.07) is 13.1. The van der Waals surface area contributed by atoms with Crippen molar-refractivity contribution in [3.63, 3.8) is 0 Å². The molecule has 0 saturated carbocycles. The zero-order chi connectivity index (χ0) is 20.5. The van der Waals surface area contributed by atoms with E-state index in [0.29, 0.717) is 22.0 Å². The van der Waals surface area contributed by atoms with Gasteiger partial charge in [-0.25, -0.2) is 9.59 Å². The first-order valence-corrected chi connectivity index (χ1v) is 9.98. The maximum Gasteiger partial charge on any atom is 0.419 e. The Morgan fingerprint density at radius 1 is 1.07 bits per heavy atom. The lowest BCUT2D eigenvalue weighted by Crippen LogP contribution is -2.26. The minimum atomic E-state index is -0.617. The number of aromatic nitrogens is 1. The first kappa shape index (κ1) is 20.1. The minimum Gasteiger partial charge on any atom is -0.465 e. The summed E-state index contributed by atoms with van der Waals surface area (Å²) in [7, 11) is 1.35. The third kappa shape index (κ3) is 3.97. The van der Waals surface area contributed by atoms with Crippen LogP contribution in [0.25, 0.3) is 22.0 Å².